The van der Waals surface area contributed by atoms with Crippen LogP contribution in [0, 0.1) is 18.3 Å². The minimum absolute atomic E-state index is 0.190. The molecule has 0 saturated carbocycles. The Labute approximate surface area is 172 Å². The molecule has 0 amide bonds. The van der Waals surface area contributed by atoms with Gasteiger partial charge >= 0.3 is 0 Å². The lowest BCUT2D eigenvalue weighted by Crippen LogP contribution is -2.36. The van der Waals surface area contributed by atoms with Gasteiger partial charge in [0.15, 0.2) is 5.96 Å². The molecule has 1 saturated heterocycles. The fourth-order valence-corrected chi connectivity index (χ4v) is 3.24. The Morgan fingerprint density at radius 1 is 1.24 bits per heavy atom. The zero-order valence-corrected chi connectivity index (χ0v) is 17.1. The molecule has 6 nitrogen and oxygen atoms in total. The molecule has 1 aliphatic heterocycles. The Morgan fingerprint density at radius 3 is 2.86 bits per heavy atom. The van der Waals surface area contributed by atoms with E-state index in [0.29, 0.717) is 31.2 Å². The van der Waals surface area contributed by atoms with Crippen LogP contribution in [0.5, 0.6) is 5.75 Å². The number of guanidine groups is 1. The topological polar surface area (TPSA) is 78.7 Å². The second-order valence-corrected chi connectivity index (χ2v) is 7.15. The molecule has 1 aliphatic rings. The molecule has 2 aromatic rings. The van der Waals surface area contributed by atoms with Crippen LogP contribution in [0.2, 0.25) is 0 Å². The van der Waals surface area contributed by atoms with Gasteiger partial charge in [0.1, 0.15) is 12.4 Å². The van der Waals surface area contributed by atoms with Gasteiger partial charge in [-0.25, -0.2) is 0 Å². The van der Waals surface area contributed by atoms with E-state index in [4.69, 9.17) is 14.7 Å². The van der Waals surface area contributed by atoms with Crippen molar-refractivity contribution >= 4 is 5.96 Å². The van der Waals surface area contributed by atoms with E-state index in [-0.39, 0.29) is 6.10 Å². The lowest BCUT2D eigenvalue weighted by atomic mass is 10.1. The van der Waals surface area contributed by atoms with Crippen molar-refractivity contribution in [2.75, 3.05) is 20.3 Å². The molecule has 1 fully saturated rings. The van der Waals surface area contributed by atoms with Gasteiger partial charge < -0.3 is 20.1 Å². The number of ether oxygens (including phenoxy) is 2. The maximum atomic E-state index is 9.03. The Bertz CT molecular complexity index is 883. The highest BCUT2D eigenvalue weighted by Crippen LogP contribution is 2.22. The first-order valence-corrected chi connectivity index (χ1v) is 9.95. The molecule has 0 aromatic heterocycles. The highest BCUT2D eigenvalue weighted by Gasteiger charge is 2.17. The molecule has 2 aromatic carbocycles. The summed E-state index contributed by atoms with van der Waals surface area (Å²) in [6.07, 6.45) is 2.35. The third kappa shape index (κ3) is 6.23. The largest absolute Gasteiger partial charge is 0.491 e. The standard InChI is InChI=1S/C23H28N4O2/c1-17-8-9-20(22(11-17)29-16-21-7-4-10-28-21)15-27-23(25-2)26-14-19-6-3-5-18(12-19)13-24/h3,5-6,8-9,11-12,21H,4,7,10,14-16H2,1-2H3,(H2,25,26,27). The first-order chi connectivity index (χ1) is 14.2. The Morgan fingerprint density at radius 2 is 2.10 bits per heavy atom. The van der Waals surface area contributed by atoms with Crippen molar-refractivity contribution in [1.29, 1.82) is 5.26 Å². The molecule has 1 unspecified atom stereocenters. The molecule has 1 heterocycles. The van der Waals surface area contributed by atoms with Crippen molar-refractivity contribution < 1.29 is 9.47 Å². The van der Waals surface area contributed by atoms with E-state index in [0.717, 1.165) is 41.9 Å². The molecule has 0 aliphatic carbocycles. The van der Waals surface area contributed by atoms with Gasteiger partial charge in [0.05, 0.1) is 17.7 Å². The van der Waals surface area contributed by atoms with Crippen LogP contribution < -0.4 is 15.4 Å². The Kier molecular flexibility index (Phi) is 7.48. The summed E-state index contributed by atoms with van der Waals surface area (Å²) >= 11 is 0. The van der Waals surface area contributed by atoms with Gasteiger partial charge in [-0.05, 0) is 49.1 Å². The number of hydrogen-bond acceptors (Lipinski definition) is 4. The summed E-state index contributed by atoms with van der Waals surface area (Å²) in [4.78, 5) is 4.29. The summed E-state index contributed by atoms with van der Waals surface area (Å²) < 4.78 is 11.7. The predicted octanol–water partition coefficient (Wildman–Crippen LogP) is 3.29. The molecule has 0 radical (unpaired) electrons. The summed E-state index contributed by atoms with van der Waals surface area (Å²) in [6.45, 7) is 4.66. The number of aliphatic imine (C=N–C) groups is 1. The summed E-state index contributed by atoms with van der Waals surface area (Å²) in [6, 6.07) is 15.9. The van der Waals surface area contributed by atoms with Crippen LogP contribution in [0.4, 0.5) is 0 Å². The smallest absolute Gasteiger partial charge is 0.191 e. The second kappa shape index (κ2) is 10.5. The fraction of sp³-hybridized carbons (Fsp3) is 0.391. The molecular formula is C23H28N4O2. The summed E-state index contributed by atoms with van der Waals surface area (Å²) in [5.74, 6) is 1.57. The van der Waals surface area contributed by atoms with Crippen molar-refractivity contribution in [2.24, 2.45) is 4.99 Å². The molecule has 0 bridgehead atoms. The minimum Gasteiger partial charge on any atom is -0.491 e. The Balaban J connectivity index is 1.56. The van der Waals surface area contributed by atoms with Crippen molar-refractivity contribution in [1.82, 2.24) is 10.6 Å². The average Bonchev–Trinajstić information content (AvgIpc) is 3.27. The Hall–Kier alpha value is -3.04. The van der Waals surface area contributed by atoms with Gasteiger partial charge in [-0.15, -0.1) is 0 Å². The fourth-order valence-electron chi connectivity index (χ4n) is 3.24. The number of nitrogens with zero attached hydrogens (tertiary/aromatic N) is 2. The molecule has 2 N–H and O–H groups in total. The first-order valence-electron chi connectivity index (χ1n) is 9.95. The van der Waals surface area contributed by atoms with Crippen LogP contribution in [0.3, 0.4) is 0 Å². The van der Waals surface area contributed by atoms with Gasteiger partial charge in [0.2, 0.25) is 0 Å². The van der Waals surface area contributed by atoms with Crippen LogP contribution in [-0.4, -0.2) is 32.3 Å². The third-order valence-corrected chi connectivity index (χ3v) is 4.86. The highest BCUT2D eigenvalue weighted by atomic mass is 16.5. The number of benzene rings is 2. The van der Waals surface area contributed by atoms with Crippen molar-refractivity contribution in [3.8, 4) is 11.8 Å². The number of nitrogens with one attached hydrogen (secondary N) is 2. The molecule has 1 atom stereocenters. The lowest BCUT2D eigenvalue weighted by Gasteiger charge is -2.17. The molecule has 3 rings (SSSR count). The van der Waals surface area contributed by atoms with Gasteiger partial charge in [-0.3, -0.25) is 4.99 Å². The third-order valence-electron chi connectivity index (χ3n) is 4.86. The van der Waals surface area contributed by atoms with E-state index in [2.05, 4.69) is 46.8 Å². The molecule has 29 heavy (non-hydrogen) atoms. The lowest BCUT2D eigenvalue weighted by molar-refractivity contribution is 0.0676. The quantitative estimate of drug-likeness (QED) is 0.558. The summed E-state index contributed by atoms with van der Waals surface area (Å²) in [5.41, 5.74) is 3.92. The van der Waals surface area contributed by atoms with Gasteiger partial charge in [-0.1, -0.05) is 24.3 Å². The maximum absolute atomic E-state index is 9.03. The SMILES string of the molecule is CN=C(NCc1cccc(C#N)c1)NCc1ccc(C)cc1OCC1CCCO1. The number of aryl methyl sites for hydroxylation is 1. The zero-order valence-electron chi connectivity index (χ0n) is 17.1. The first kappa shape index (κ1) is 20.7. The monoisotopic (exact) mass is 392 g/mol. The van der Waals surface area contributed by atoms with Gasteiger partial charge in [-0.2, -0.15) is 5.26 Å². The molecule has 152 valence electrons. The summed E-state index contributed by atoms with van der Waals surface area (Å²) in [5, 5.41) is 15.6. The molecule has 0 spiro atoms. The van der Waals surface area contributed by atoms with Gasteiger partial charge in [0, 0.05) is 32.3 Å². The van der Waals surface area contributed by atoms with E-state index in [1.807, 2.05) is 18.2 Å². The average molecular weight is 393 g/mol. The van der Waals surface area contributed by atoms with E-state index >= 15 is 0 Å². The van der Waals surface area contributed by atoms with Crippen LogP contribution in [0.25, 0.3) is 0 Å². The van der Waals surface area contributed by atoms with E-state index in [1.165, 1.54) is 0 Å². The van der Waals surface area contributed by atoms with Crippen molar-refractivity contribution in [2.45, 2.75) is 39.0 Å². The minimum atomic E-state index is 0.190. The van der Waals surface area contributed by atoms with Gasteiger partial charge in [0.25, 0.3) is 0 Å². The number of nitriles is 1. The maximum Gasteiger partial charge on any atom is 0.191 e. The van der Waals surface area contributed by atoms with E-state index in [1.54, 1.807) is 13.1 Å². The highest BCUT2D eigenvalue weighted by molar-refractivity contribution is 5.79. The van der Waals surface area contributed by atoms with Crippen LogP contribution >= 0.6 is 0 Å². The number of rotatable bonds is 7. The van der Waals surface area contributed by atoms with Crippen molar-refractivity contribution in [3.63, 3.8) is 0 Å². The molecular weight excluding hydrogens is 364 g/mol. The van der Waals surface area contributed by atoms with E-state index in [9.17, 15) is 0 Å². The normalized spacial score (nSPS) is 16.3. The second-order valence-electron chi connectivity index (χ2n) is 7.15. The summed E-state index contributed by atoms with van der Waals surface area (Å²) in [7, 11) is 1.74. The molecule has 6 heteroatoms. The van der Waals surface area contributed by atoms with Crippen molar-refractivity contribution in [3.05, 3.63) is 64.7 Å². The van der Waals surface area contributed by atoms with E-state index < -0.39 is 0 Å². The van der Waals surface area contributed by atoms with Crippen LogP contribution in [0.15, 0.2) is 47.5 Å². The van der Waals surface area contributed by atoms with Crippen LogP contribution in [0.1, 0.15) is 35.1 Å². The predicted molar refractivity (Wildman–Crippen MR) is 114 cm³/mol. The van der Waals surface area contributed by atoms with Crippen LogP contribution in [-0.2, 0) is 17.8 Å². The zero-order chi connectivity index (χ0) is 20.5. The number of hydrogen-bond donors (Lipinski definition) is 2.